The summed E-state index contributed by atoms with van der Waals surface area (Å²) in [6.07, 6.45) is 8.79. The molecule has 0 N–H and O–H groups in total. The third-order valence-electron chi connectivity index (χ3n) is 4.19. The number of rotatable bonds is 4. The summed E-state index contributed by atoms with van der Waals surface area (Å²) in [6, 6.07) is 0. The van der Waals surface area contributed by atoms with Crippen LogP contribution in [-0.2, 0) is 19.5 Å². The van der Waals surface area contributed by atoms with Gasteiger partial charge >= 0.3 is 0 Å². The number of aryl methyl sites for hydroxylation is 2. The van der Waals surface area contributed by atoms with E-state index in [1.54, 1.807) is 10.8 Å². The minimum Gasteiger partial charge on any atom is -0.278 e. The number of imidazole rings is 1. The Morgan fingerprint density at radius 2 is 2.04 bits per heavy atom. The molecule has 7 nitrogen and oxygen atoms in total. The summed E-state index contributed by atoms with van der Waals surface area (Å²) in [5, 5.41) is 4.30. The lowest BCUT2D eigenvalue weighted by Crippen LogP contribution is -2.26. The maximum Gasteiger partial charge on any atom is 0.260 e. The molecule has 132 valence electrons. The van der Waals surface area contributed by atoms with Gasteiger partial charge in [-0.2, -0.15) is 5.10 Å². The second-order valence-corrected chi connectivity index (χ2v) is 5.68. The maximum absolute atomic E-state index is 12.8. The molecule has 1 aliphatic rings. The molecule has 7 heteroatoms. The topological polar surface area (TPSA) is 69.5 Å². The quantitative estimate of drug-likeness (QED) is 0.733. The fourth-order valence-corrected chi connectivity index (χ4v) is 3.04. The van der Waals surface area contributed by atoms with Crippen molar-refractivity contribution in [3.63, 3.8) is 0 Å². The van der Waals surface area contributed by atoms with Crippen LogP contribution in [0.5, 0.6) is 0 Å². The summed E-state index contributed by atoms with van der Waals surface area (Å²) in [7, 11) is 0. The molecule has 4 rings (SSSR count). The van der Waals surface area contributed by atoms with Crippen molar-refractivity contribution >= 4 is 17.3 Å². The highest BCUT2D eigenvalue weighted by Crippen LogP contribution is 2.27. The fraction of sp³-hybridized carbons (Fsp3) is 0.444. The molecule has 25 heavy (non-hydrogen) atoms. The van der Waals surface area contributed by atoms with Crippen molar-refractivity contribution in [2.24, 2.45) is 4.99 Å². The van der Waals surface area contributed by atoms with Crippen LogP contribution in [0.25, 0.3) is 5.78 Å². The SMILES string of the molecule is CC.CCCn1c(=O)c2c(n3ccnc13)N=C(c1cnn(CC)c1)C2. The van der Waals surface area contributed by atoms with Crippen LogP contribution in [0.3, 0.4) is 0 Å². The Kier molecular flexibility index (Phi) is 4.83. The molecule has 0 aliphatic carbocycles. The minimum absolute atomic E-state index is 0.0159. The Bertz CT molecular complexity index is 975. The standard InChI is InChI=1S/C16H18N6O.C2H6/c1-3-6-22-15(23)12-8-13(11-9-18-20(4-2)10-11)19-14(12)21-7-5-17-16(21)22;1-2/h5,7,9-10H,3-4,6,8H2,1-2H3;1-2H3. The highest BCUT2D eigenvalue weighted by atomic mass is 16.1. The van der Waals surface area contributed by atoms with Crippen LogP contribution in [-0.4, -0.2) is 29.4 Å². The highest BCUT2D eigenvalue weighted by Gasteiger charge is 2.25. The smallest absolute Gasteiger partial charge is 0.260 e. The van der Waals surface area contributed by atoms with Gasteiger partial charge in [-0.15, -0.1) is 0 Å². The molecular formula is C18H24N6O. The lowest BCUT2D eigenvalue weighted by Gasteiger charge is -2.09. The van der Waals surface area contributed by atoms with Gasteiger partial charge in [-0.25, -0.2) is 9.98 Å². The van der Waals surface area contributed by atoms with Gasteiger partial charge < -0.3 is 0 Å². The number of nitrogens with zero attached hydrogens (tertiary/aromatic N) is 6. The molecule has 0 spiro atoms. The Morgan fingerprint density at radius 3 is 2.72 bits per heavy atom. The van der Waals surface area contributed by atoms with Crippen molar-refractivity contribution in [1.82, 2.24) is 23.7 Å². The molecule has 0 bridgehead atoms. The summed E-state index contributed by atoms with van der Waals surface area (Å²) in [4.78, 5) is 21.9. The molecule has 0 radical (unpaired) electrons. The Labute approximate surface area is 146 Å². The molecule has 4 heterocycles. The second-order valence-electron chi connectivity index (χ2n) is 5.68. The first-order chi connectivity index (χ1) is 12.2. The lowest BCUT2D eigenvalue weighted by atomic mass is 10.1. The monoisotopic (exact) mass is 340 g/mol. The van der Waals surface area contributed by atoms with E-state index in [4.69, 9.17) is 4.99 Å². The van der Waals surface area contributed by atoms with Crippen molar-refractivity contribution < 1.29 is 0 Å². The number of hydrogen-bond donors (Lipinski definition) is 0. The highest BCUT2D eigenvalue weighted by molar-refractivity contribution is 6.05. The van der Waals surface area contributed by atoms with Gasteiger partial charge in [0.1, 0.15) is 5.82 Å². The number of aliphatic imine (C=N–C) groups is 1. The van der Waals surface area contributed by atoms with Gasteiger partial charge in [-0.3, -0.25) is 18.4 Å². The predicted octanol–water partition coefficient (Wildman–Crippen LogP) is 2.83. The molecule has 0 amide bonds. The van der Waals surface area contributed by atoms with Crippen LogP contribution >= 0.6 is 0 Å². The van der Waals surface area contributed by atoms with E-state index in [0.29, 0.717) is 24.6 Å². The molecule has 0 saturated carbocycles. The zero-order valence-corrected chi connectivity index (χ0v) is 15.2. The maximum atomic E-state index is 12.8. The predicted molar refractivity (Wildman–Crippen MR) is 98.9 cm³/mol. The third kappa shape index (κ3) is 2.79. The summed E-state index contributed by atoms with van der Waals surface area (Å²) in [5.41, 5.74) is 2.61. The molecule has 0 saturated heterocycles. The number of aromatic nitrogens is 5. The molecule has 0 fully saturated rings. The van der Waals surface area contributed by atoms with E-state index in [-0.39, 0.29) is 5.56 Å². The van der Waals surface area contributed by atoms with Gasteiger partial charge in [-0.05, 0) is 13.3 Å². The van der Waals surface area contributed by atoms with E-state index in [1.807, 2.05) is 48.4 Å². The second kappa shape index (κ2) is 7.04. The summed E-state index contributed by atoms with van der Waals surface area (Å²) < 4.78 is 5.51. The van der Waals surface area contributed by atoms with Crippen molar-refractivity contribution in [1.29, 1.82) is 0 Å². The van der Waals surface area contributed by atoms with Crippen molar-refractivity contribution in [2.45, 2.75) is 53.6 Å². The number of hydrogen-bond acceptors (Lipinski definition) is 4. The Hall–Kier alpha value is -2.70. The molecular weight excluding hydrogens is 316 g/mol. The summed E-state index contributed by atoms with van der Waals surface area (Å²) >= 11 is 0. The zero-order chi connectivity index (χ0) is 18.0. The van der Waals surface area contributed by atoms with Crippen LogP contribution in [0.2, 0.25) is 0 Å². The average Bonchev–Trinajstić information content (AvgIpc) is 3.38. The largest absolute Gasteiger partial charge is 0.278 e. The molecule has 0 atom stereocenters. The van der Waals surface area contributed by atoms with Crippen LogP contribution in [0.15, 0.2) is 34.6 Å². The van der Waals surface area contributed by atoms with Gasteiger partial charge in [0.05, 0.1) is 17.5 Å². The molecule has 0 aromatic carbocycles. The minimum atomic E-state index is 0.0159. The Morgan fingerprint density at radius 1 is 1.24 bits per heavy atom. The summed E-state index contributed by atoms with van der Waals surface area (Å²) in [6.45, 7) is 9.58. The van der Waals surface area contributed by atoms with E-state index in [9.17, 15) is 4.79 Å². The first-order valence-electron chi connectivity index (χ1n) is 8.92. The van der Waals surface area contributed by atoms with Crippen LogP contribution < -0.4 is 5.56 Å². The van der Waals surface area contributed by atoms with Crippen LogP contribution in [0.4, 0.5) is 5.82 Å². The Balaban J connectivity index is 0.000000880. The molecule has 3 aromatic heterocycles. The number of fused-ring (bicyclic) bond motifs is 3. The van der Waals surface area contributed by atoms with E-state index >= 15 is 0 Å². The molecule has 1 aliphatic heterocycles. The van der Waals surface area contributed by atoms with Crippen LogP contribution in [0.1, 0.15) is 45.2 Å². The molecule has 0 unspecified atom stereocenters. The van der Waals surface area contributed by atoms with Gasteiger partial charge in [0.25, 0.3) is 5.56 Å². The van der Waals surface area contributed by atoms with Gasteiger partial charge in [0.2, 0.25) is 5.78 Å². The van der Waals surface area contributed by atoms with Gasteiger partial charge in [-0.1, -0.05) is 20.8 Å². The zero-order valence-electron chi connectivity index (χ0n) is 15.2. The average molecular weight is 340 g/mol. The normalized spacial score (nSPS) is 12.7. The fourth-order valence-electron chi connectivity index (χ4n) is 3.04. The lowest BCUT2D eigenvalue weighted by molar-refractivity contribution is 0.653. The van der Waals surface area contributed by atoms with Crippen molar-refractivity contribution in [3.8, 4) is 0 Å². The summed E-state index contributed by atoms with van der Waals surface area (Å²) in [5.74, 6) is 1.36. The molecule has 3 aromatic rings. The third-order valence-corrected chi connectivity index (χ3v) is 4.19. The first-order valence-corrected chi connectivity index (χ1v) is 8.92. The van der Waals surface area contributed by atoms with E-state index < -0.39 is 0 Å². The first kappa shape index (κ1) is 17.1. The van der Waals surface area contributed by atoms with Gasteiger partial charge in [0.15, 0.2) is 0 Å². The van der Waals surface area contributed by atoms with Crippen LogP contribution in [0, 0.1) is 0 Å². The van der Waals surface area contributed by atoms with Gasteiger partial charge in [0, 0.05) is 43.7 Å². The van der Waals surface area contributed by atoms with E-state index in [2.05, 4.69) is 17.0 Å². The van der Waals surface area contributed by atoms with E-state index in [1.165, 1.54) is 0 Å². The van der Waals surface area contributed by atoms with Crippen molar-refractivity contribution in [2.75, 3.05) is 0 Å². The van der Waals surface area contributed by atoms with E-state index in [0.717, 1.165) is 29.8 Å². The van der Waals surface area contributed by atoms with Crippen molar-refractivity contribution in [3.05, 3.63) is 46.3 Å².